The van der Waals surface area contributed by atoms with E-state index in [2.05, 4.69) is 4.90 Å². The highest BCUT2D eigenvalue weighted by Gasteiger charge is 2.24. The summed E-state index contributed by atoms with van der Waals surface area (Å²) < 4.78 is 12.4. The molecule has 0 spiro atoms. The van der Waals surface area contributed by atoms with Crippen LogP contribution in [0.5, 0.6) is 5.88 Å². The Balaban J connectivity index is 1.56. The third-order valence-electron chi connectivity index (χ3n) is 6.03. The molecule has 1 aliphatic heterocycles. The van der Waals surface area contributed by atoms with Crippen LogP contribution in [0.15, 0.2) is 81.1 Å². The number of furan rings is 1. The zero-order chi connectivity index (χ0) is 23.5. The van der Waals surface area contributed by atoms with E-state index in [0.717, 1.165) is 18.8 Å². The lowest BCUT2D eigenvalue weighted by Gasteiger charge is -2.32. The lowest BCUT2D eigenvalue weighted by molar-refractivity contribution is 0.0137. The van der Waals surface area contributed by atoms with Gasteiger partial charge < -0.3 is 14.3 Å². The Hall–Kier alpha value is -3.39. The van der Waals surface area contributed by atoms with Crippen molar-refractivity contribution in [1.29, 1.82) is 0 Å². The highest BCUT2D eigenvalue weighted by Crippen LogP contribution is 2.28. The second kappa shape index (κ2) is 9.85. The number of morpholine rings is 1. The molecule has 2 aromatic carbocycles. The number of benzene rings is 2. The predicted octanol–water partition coefficient (Wildman–Crippen LogP) is 4.44. The van der Waals surface area contributed by atoms with Crippen LogP contribution < -0.4 is 5.56 Å². The fraction of sp³-hybridized carbons (Fsp3) is 0.231. The van der Waals surface area contributed by atoms with Crippen LogP contribution in [0.25, 0.3) is 16.5 Å². The van der Waals surface area contributed by atoms with Crippen LogP contribution in [0.2, 0.25) is 5.02 Å². The molecular weight excluding hydrogens is 454 g/mol. The van der Waals surface area contributed by atoms with Crippen molar-refractivity contribution in [2.45, 2.75) is 6.04 Å². The minimum atomic E-state index is -0.325. The number of aliphatic imine (C=N–C) groups is 1. The summed E-state index contributed by atoms with van der Waals surface area (Å²) in [6.45, 7) is 3.33. The molecule has 1 fully saturated rings. The highest BCUT2D eigenvalue weighted by atomic mass is 35.5. The van der Waals surface area contributed by atoms with Gasteiger partial charge in [0.05, 0.1) is 43.3 Å². The molecule has 0 aliphatic carbocycles. The fourth-order valence-corrected chi connectivity index (χ4v) is 4.53. The van der Waals surface area contributed by atoms with Crippen LogP contribution in [0.4, 0.5) is 0 Å². The smallest absolute Gasteiger partial charge is 0.265 e. The van der Waals surface area contributed by atoms with Gasteiger partial charge in [-0.3, -0.25) is 14.7 Å². The van der Waals surface area contributed by atoms with Crippen molar-refractivity contribution in [2.24, 2.45) is 4.99 Å². The van der Waals surface area contributed by atoms with Gasteiger partial charge in [-0.1, -0.05) is 35.9 Å². The first kappa shape index (κ1) is 22.4. The second-order valence-electron chi connectivity index (χ2n) is 8.08. The van der Waals surface area contributed by atoms with E-state index in [-0.39, 0.29) is 17.5 Å². The summed E-state index contributed by atoms with van der Waals surface area (Å²) in [7, 11) is 0. The normalized spacial score (nSPS) is 15.8. The van der Waals surface area contributed by atoms with E-state index in [1.807, 2.05) is 24.3 Å². The van der Waals surface area contributed by atoms with Crippen LogP contribution in [-0.2, 0) is 4.74 Å². The van der Waals surface area contributed by atoms with E-state index in [0.29, 0.717) is 46.8 Å². The first-order chi connectivity index (χ1) is 16.6. The van der Waals surface area contributed by atoms with Crippen molar-refractivity contribution in [2.75, 3.05) is 32.8 Å². The average molecular weight is 478 g/mol. The van der Waals surface area contributed by atoms with Crippen LogP contribution >= 0.6 is 11.6 Å². The van der Waals surface area contributed by atoms with E-state index >= 15 is 0 Å². The van der Waals surface area contributed by atoms with E-state index < -0.39 is 0 Å². The van der Waals surface area contributed by atoms with Gasteiger partial charge in [0.25, 0.3) is 5.56 Å². The number of hydrogen-bond donors (Lipinski definition) is 1. The summed E-state index contributed by atoms with van der Waals surface area (Å²) in [5.74, 6) is 0.646. The first-order valence-corrected chi connectivity index (χ1v) is 11.5. The number of rotatable bonds is 6. The van der Waals surface area contributed by atoms with E-state index in [1.165, 1.54) is 4.57 Å². The van der Waals surface area contributed by atoms with Crippen molar-refractivity contribution in [3.63, 3.8) is 0 Å². The van der Waals surface area contributed by atoms with Crippen LogP contribution in [0.3, 0.4) is 0 Å². The fourth-order valence-electron chi connectivity index (χ4n) is 4.34. The third kappa shape index (κ3) is 4.37. The lowest BCUT2D eigenvalue weighted by Crippen LogP contribution is -2.40. The number of pyridine rings is 1. The zero-order valence-electron chi connectivity index (χ0n) is 18.4. The topological polar surface area (TPSA) is 80.2 Å². The van der Waals surface area contributed by atoms with Crippen molar-refractivity contribution < 1.29 is 14.3 Å². The van der Waals surface area contributed by atoms with Gasteiger partial charge in [0.2, 0.25) is 5.88 Å². The van der Waals surface area contributed by atoms with Crippen LogP contribution in [-0.4, -0.2) is 53.6 Å². The van der Waals surface area contributed by atoms with Crippen LogP contribution in [0.1, 0.15) is 17.4 Å². The van der Waals surface area contributed by atoms with Gasteiger partial charge in [0.15, 0.2) is 0 Å². The molecule has 3 heterocycles. The molecule has 34 heavy (non-hydrogen) atoms. The molecule has 1 N–H and O–H groups in total. The molecule has 7 nitrogen and oxygen atoms in total. The Morgan fingerprint density at radius 3 is 2.59 bits per heavy atom. The number of aromatic hydroxyl groups is 1. The zero-order valence-corrected chi connectivity index (χ0v) is 19.2. The molecule has 174 valence electrons. The molecule has 2 aromatic heterocycles. The molecule has 1 saturated heterocycles. The molecule has 1 atom stereocenters. The largest absolute Gasteiger partial charge is 0.494 e. The molecule has 0 saturated carbocycles. The monoisotopic (exact) mass is 477 g/mol. The second-order valence-corrected chi connectivity index (χ2v) is 8.51. The summed E-state index contributed by atoms with van der Waals surface area (Å²) in [5, 5.41) is 12.8. The quantitative estimate of drug-likeness (QED) is 0.415. The number of fused-ring (bicyclic) bond motifs is 1. The Kier molecular flexibility index (Phi) is 6.49. The molecule has 5 rings (SSSR count). The minimum Gasteiger partial charge on any atom is -0.494 e. The third-order valence-corrected chi connectivity index (χ3v) is 6.26. The Bertz CT molecular complexity index is 1370. The van der Waals surface area contributed by atoms with Crippen LogP contribution in [0, 0.1) is 0 Å². The maximum atomic E-state index is 13.2. The van der Waals surface area contributed by atoms with Gasteiger partial charge in [-0.25, -0.2) is 4.57 Å². The molecule has 0 bridgehead atoms. The number of halogens is 1. The summed E-state index contributed by atoms with van der Waals surface area (Å²) in [6.07, 6.45) is 3.29. The standard InChI is InChI=1S/C26H24ClN3O4/c27-18-5-3-6-19(15-18)30-25(31)21-8-2-1-7-20(21)22(26(30)32)16-28-17-23(24-9-4-12-34-24)29-10-13-33-14-11-29/h1-9,12,15-16,23,32H,10-11,13-14,17H2. The maximum Gasteiger partial charge on any atom is 0.265 e. The lowest BCUT2D eigenvalue weighted by atomic mass is 10.1. The van der Waals surface area contributed by atoms with Crippen molar-refractivity contribution in [1.82, 2.24) is 9.47 Å². The Morgan fingerprint density at radius 2 is 1.85 bits per heavy atom. The molecular formula is C26H24ClN3O4. The molecule has 0 radical (unpaired) electrons. The first-order valence-electron chi connectivity index (χ1n) is 11.1. The van der Waals surface area contributed by atoms with Crippen molar-refractivity contribution >= 4 is 28.6 Å². The molecule has 0 amide bonds. The number of ether oxygens (including phenoxy) is 1. The Labute approximate surface area is 201 Å². The number of nitrogens with zero attached hydrogens (tertiary/aromatic N) is 3. The van der Waals surface area contributed by atoms with Gasteiger partial charge in [-0.05, 0) is 36.4 Å². The van der Waals surface area contributed by atoms with Gasteiger partial charge in [-0.2, -0.15) is 0 Å². The molecule has 8 heteroatoms. The predicted molar refractivity (Wildman–Crippen MR) is 133 cm³/mol. The van der Waals surface area contributed by atoms with Crippen molar-refractivity contribution in [3.8, 4) is 11.6 Å². The summed E-state index contributed by atoms with van der Waals surface area (Å²) in [6, 6.07) is 17.8. The molecule has 4 aromatic rings. The van der Waals surface area contributed by atoms with Crippen molar-refractivity contribution in [3.05, 3.63) is 93.6 Å². The van der Waals surface area contributed by atoms with Gasteiger partial charge in [0, 0.05) is 35.1 Å². The number of aromatic nitrogens is 1. The number of hydrogen-bond acceptors (Lipinski definition) is 6. The Morgan fingerprint density at radius 1 is 1.06 bits per heavy atom. The minimum absolute atomic E-state index is 0.0533. The highest BCUT2D eigenvalue weighted by molar-refractivity contribution is 6.30. The molecule has 1 unspecified atom stereocenters. The van der Waals surface area contributed by atoms with E-state index in [4.69, 9.17) is 25.7 Å². The summed E-state index contributed by atoms with van der Waals surface area (Å²) in [4.78, 5) is 20.2. The average Bonchev–Trinajstić information content (AvgIpc) is 3.39. The van der Waals surface area contributed by atoms with E-state index in [9.17, 15) is 9.90 Å². The summed E-state index contributed by atoms with van der Waals surface area (Å²) >= 11 is 6.15. The van der Waals surface area contributed by atoms with E-state index in [1.54, 1.807) is 48.9 Å². The molecule has 1 aliphatic rings. The van der Waals surface area contributed by atoms with Gasteiger partial charge in [0.1, 0.15) is 5.76 Å². The summed E-state index contributed by atoms with van der Waals surface area (Å²) in [5.41, 5.74) is 0.627. The van der Waals surface area contributed by atoms with Gasteiger partial charge in [-0.15, -0.1) is 0 Å². The van der Waals surface area contributed by atoms with Gasteiger partial charge >= 0.3 is 0 Å². The maximum absolute atomic E-state index is 13.2. The SMILES string of the molecule is O=c1c2ccccc2c(C=NCC(c2ccco2)N2CCOCC2)c(O)n1-c1cccc(Cl)c1.